The molecule has 2 aromatic heterocycles. The molecule has 10 nitrogen and oxygen atoms in total. The fraction of sp³-hybridized carbons (Fsp3) is 0.500. The smallest absolute Gasteiger partial charge is 0.308 e. The minimum Gasteiger partial charge on any atom is -0.426 e. The van der Waals surface area contributed by atoms with Crippen LogP contribution in [-0.2, 0) is 11.3 Å². The Labute approximate surface area is 186 Å². The van der Waals surface area contributed by atoms with E-state index in [0.717, 1.165) is 31.2 Å². The van der Waals surface area contributed by atoms with Gasteiger partial charge in [-0.15, -0.1) is 5.10 Å². The predicted octanol–water partition coefficient (Wildman–Crippen LogP) is 3.02. The minimum atomic E-state index is -0.364. The van der Waals surface area contributed by atoms with E-state index in [1.165, 1.54) is 6.92 Å². The first kappa shape index (κ1) is 21.9. The zero-order valence-corrected chi connectivity index (χ0v) is 18.7. The number of hydrogen-bond acceptors (Lipinski definition) is 9. The Morgan fingerprint density at radius 3 is 2.78 bits per heavy atom. The van der Waals surface area contributed by atoms with Crippen LogP contribution < -0.4 is 21.1 Å². The summed E-state index contributed by atoms with van der Waals surface area (Å²) in [6.45, 7) is 5.84. The summed E-state index contributed by atoms with van der Waals surface area (Å²) in [5.41, 5.74) is 8.39. The lowest BCUT2D eigenvalue weighted by Crippen LogP contribution is -2.43. The van der Waals surface area contributed by atoms with E-state index >= 15 is 0 Å². The molecular weight excluding hydrogens is 408 g/mol. The van der Waals surface area contributed by atoms with Crippen molar-refractivity contribution in [2.45, 2.75) is 71.1 Å². The summed E-state index contributed by atoms with van der Waals surface area (Å²) in [6.07, 6.45) is 4.27. The summed E-state index contributed by atoms with van der Waals surface area (Å²) < 4.78 is 7.10. The number of nitrogens with one attached hydrogen (secondary N) is 2. The molecule has 1 fully saturated rings. The number of anilines is 2. The Morgan fingerprint density at radius 1 is 1.25 bits per heavy atom. The standard InChI is InChI=1S/C22H30N8O2/c1-13(2)30-21-19(28-29-30)20(24-12-15-8-4-7-11-18(15)32-14(3)31)26-22(27-21)25-17-10-6-5-9-16(17)23/h4,7-8,11,13,16-17H,5-6,9-10,12,23H2,1-3H3,(H2,24,25,26,27). The largest absolute Gasteiger partial charge is 0.426 e. The quantitative estimate of drug-likeness (QED) is 0.376. The topological polar surface area (TPSA) is 133 Å². The third kappa shape index (κ3) is 4.80. The van der Waals surface area contributed by atoms with Crippen LogP contribution in [0.1, 0.15) is 58.1 Å². The van der Waals surface area contributed by atoms with Crippen LogP contribution in [0.5, 0.6) is 5.75 Å². The van der Waals surface area contributed by atoms with E-state index in [4.69, 9.17) is 20.4 Å². The zero-order chi connectivity index (χ0) is 22.7. The van der Waals surface area contributed by atoms with E-state index in [1.807, 2.05) is 32.0 Å². The van der Waals surface area contributed by atoms with Gasteiger partial charge in [-0.2, -0.15) is 9.97 Å². The second kappa shape index (κ2) is 9.47. The van der Waals surface area contributed by atoms with E-state index in [9.17, 15) is 4.79 Å². The van der Waals surface area contributed by atoms with Crippen molar-refractivity contribution in [3.05, 3.63) is 29.8 Å². The Bertz CT molecular complexity index is 1100. The number of nitrogens with zero attached hydrogens (tertiary/aromatic N) is 5. The molecule has 0 aliphatic heterocycles. The highest BCUT2D eigenvalue weighted by Gasteiger charge is 2.24. The molecule has 2 atom stereocenters. The van der Waals surface area contributed by atoms with Gasteiger partial charge in [-0.05, 0) is 32.8 Å². The van der Waals surface area contributed by atoms with E-state index in [0.29, 0.717) is 35.2 Å². The fourth-order valence-corrected chi connectivity index (χ4v) is 3.95. The number of carbonyl (C=O) groups excluding carboxylic acids is 1. The van der Waals surface area contributed by atoms with Gasteiger partial charge in [0.1, 0.15) is 5.75 Å². The van der Waals surface area contributed by atoms with Crippen LogP contribution in [0.25, 0.3) is 11.2 Å². The molecule has 2 unspecified atom stereocenters. The lowest BCUT2D eigenvalue weighted by molar-refractivity contribution is -0.131. The summed E-state index contributed by atoms with van der Waals surface area (Å²) in [6, 6.07) is 7.68. The van der Waals surface area contributed by atoms with Crippen molar-refractivity contribution in [2.75, 3.05) is 10.6 Å². The van der Waals surface area contributed by atoms with Crippen molar-refractivity contribution in [1.29, 1.82) is 0 Å². The Morgan fingerprint density at radius 2 is 2.03 bits per heavy atom. The highest BCUT2D eigenvalue weighted by atomic mass is 16.5. The summed E-state index contributed by atoms with van der Waals surface area (Å²) in [5, 5.41) is 15.3. The van der Waals surface area contributed by atoms with E-state index in [2.05, 4.69) is 20.9 Å². The maximum Gasteiger partial charge on any atom is 0.308 e. The molecule has 0 amide bonds. The zero-order valence-electron chi connectivity index (χ0n) is 18.7. The van der Waals surface area contributed by atoms with Crippen molar-refractivity contribution in [3.8, 4) is 5.75 Å². The number of nitrogens with two attached hydrogens (primary N) is 1. The molecule has 170 valence electrons. The molecule has 10 heteroatoms. The van der Waals surface area contributed by atoms with Gasteiger partial charge in [0, 0.05) is 31.1 Å². The van der Waals surface area contributed by atoms with Gasteiger partial charge in [0.15, 0.2) is 17.0 Å². The SMILES string of the molecule is CC(=O)Oc1ccccc1CNc1nc(NC2CCCCC2N)nc2c1nnn2C(C)C. The van der Waals surface area contributed by atoms with Crippen molar-refractivity contribution in [1.82, 2.24) is 25.0 Å². The molecule has 0 spiro atoms. The van der Waals surface area contributed by atoms with Crippen LogP contribution in [0.4, 0.5) is 11.8 Å². The highest BCUT2D eigenvalue weighted by molar-refractivity contribution is 5.83. The first-order chi connectivity index (χ1) is 15.4. The number of aromatic nitrogens is 5. The molecule has 0 radical (unpaired) electrons. The fourth-order valence-electron chi connectivity index (χ4n) is 3.95. The summed E-state index contributed by atoms with van der Waals surface area (Å²) in [4.78, 5) is 20.8. The van der Waals surface area contributed by atoms with Gasteiger partial charge >= 0.3 is 5.97 Å². The summed E-state index contributed by atoms with van der Waals surface area (Å²) >= 11 is 0. The molecule has 4 rings (SSSR count). The van der Waals surface area contributed by atoms with E-state index in [1.54, 1.807) is 10.7 Å². The van der Waals surface area contributed by atoms with Crippen molar-refractivity contribution in [3.63, 3.8) is 0 Å². The number of para-hydroxylation sites is 1. The first-order valence-electron chi connectivity index (χ1n) is 11.1. The molecule has 1 saturated carbocycles. The lowest BCUT2D eigenvalue weighted by Gasteiger charge is -2.29. The predicted molar refractivity (Wildman–Crippen MR) is 122 cm³/mol. The second-order valence-electron chi connectivity index (χ2n) is 8.45. The number of rotatable bonds is 7. The van der Waals surface area contributed by atoms with Crippen LogP contribution in [0, 0.1) is 0 Å². The van der Waals surface area contributed by atoms with Gasteiger partial charge in [0.2, 0.25) is 5.95 Å². The van der Waals surface area contributed by atoms with Crippen LogP contribution in [0.3, 0.4) is 0 Å². The maximum absolute atomic E-state index is 11.4. The number of ether oxygens (including phenoxy) is 1. The monoisotopic (exact) mass is 438 g/mol. The van der Waals surface area contributed by atoms with Crippen LogP contribution >= 0.6 is 0 Å². The molecule has 1 aliphatic carbocycles. The average Bonchev–Trinajstić information content (AvgIpc) is 3.19. The molecule has 2 heterocycles. The third-order valence-electron chi connectivity index (χ3n) is 5.62. The molecule has 32 heavy (non-hydrogen) atoms. The van der Waals surface area contributed by atoms with Crippen LogP contribution in [0.15, 0.2) is 24.3 Å². The lowest BCUT2D eigenvalue weighted by atomic mass is 9.91. The van der Waals surface area contributed by atoms with Gasteiger partial charge in [0.05, 0.1) is 6.04 Å². The van der Waals surface area contributed by atoms with Crippen LogP contribution in [0.2, 0.25) is 0 Å². The van der Waals surface area contributed by atoms with Gasteiger partial charge in [-0.3, -0.25) is 4.79 Å². The number of carbonyl (C=O) groups is 1. The van der Waals surface area contributed by atoms with E-state index < -0.39 is 0 Å². The van der Waals surface area contributed by atoms with E-state index in [-0.39, 0.29) is 24.1 Å². The third-order valence-corrected chi connectivity index (χ3v) is 5.62. The summed E-state index contributed by atoms with van der Waals surface area (Å²) in [5.74, 6) is 1.21. The average molecular weight is 439 g/mol. The minimum absolute atomic E-state index is 0.0724. The van der Waals surface area contributed by atoms with Crippen molar-refractivity contribution >= 4 is 28.9 Å². The highest BCUT2D eigenvalue weighted by Crippen LogP contribution is 2.26. The molecular formula is C22H30N8O2. The molecule has 0 bridgehead atoms. The molecule has 0 saturated heterocycles. The summed E-state index contributed by atoms with van der Waals surface area (Å²) in [7, 11) is 0. The first-order valence-corrected chi connectivity index (χ1v) is 11.1. The Balaban J connectivity index is 1.65. The molecule has 4 N–H and O–H groups in total. The van der Waals surface area contributed by atoms with Gasteiger partial charge in [-0.1, -0.05) is 36.3 Å². The van der Waals surface area contributed by atoms with Gasteiger partial charge < -0.3 is 21.1 Å². The Kier molecular flexibility index (Phi) is 6.50. The maximum atomic E-state index is 11.4. The molecule has 1 aromatic carbocycles. The second-order valence-corrected chi connectivity index (χ2v) is 8.45. The molecule has 3 aromatic rings. The van der Waals surface area contributed by atoms with Gasteiger partial charge in [-0.25, -0.2) is 4.68 Å². The van der Waals surface area contributed by atoms with Crippen molar-refractivity contribution in [2.24, 2.45) is 5.73 Å². The number of esters is 1. The molecule has 1 aliphatic rings. The Hall–Kier alpha value is -3.27. The number of fused-ring (bicyclic) bond motifs is 1. The van der Waals surface area contributed by atoms with Gasteiger partial charge in [0.25, 0.3) is 0 Å². The normalized spacial score (nSPS) is 18.7. The number of hydrogen-bond donors (Lipinski definition) is 3. The van der Waals surface area contributed by atoms with Crippen LogP contribution in [-0.4, -0.2) is 43.0 Å². The van der Waals surface area contributed by atoms with Crippen molar-refractivity contribution < 1.29 is 9.53 Å². The number of benzene rings is 1.